The summed E-state index contributed by atoms with van der Waals surface area (Å²) in [6.45, 7) is 0. The molecule has 0 aliphatic heterocycles. The van der Waals surface area contributed by atoms with Crippen LogP contribution in [0.5, 0.6) is 5.75 Å². The maximum atomic E-state index is 13.7. The second-order valence-electron chi connectivity index (χ2n) is 9.78. The number of anilines is 1. The van der Waals surface area contributed by atoms with Crippen molar-refractivity contribution in [2.75, 3.05) is 19.4 Å². The molecular weight excluding hydrogens is 500 g/mol. The molecule has 198 valence electrons. The van der Waals surface area contributed by atoms with Gasteiger partial charge in [0.15, 0.2) is 11.4 Å². The fourth-order valence-electron chi connectivity index (χ4n) is 5.88. The molecule has 1 aromatic carbocycles. The number of rotatable bonds is 4. The largest absolute Gasteiger partial charge is 0.510 e. The summed E-state index contributed by atoms with van der Waals surface area (Å²) in [5.74, 6) is -8.19. The number of likely N-dealkylation sites (N-methyl/N-ethyl adjacent to an activating group) is 1. The number of hydrogen-bond acceptors (Lipinski definition) is 11. The average molecular weight is 524 g/mol. The molecule has 2 amide bonds. The first-order valence-electron chi connectivity index (χ1n) is 11.6. The van der Waals surface area contributed by atoms with Crippen molar-refractivity contribution in [1.82, 2.24) is 10.1 Å². The van der Waals surface area contributed by atoms with Gasteiger partial charge in [0.25, 0.3) is 11.8 Å². The van der Waals surface area contributed by atoms with Crippen LogP contribution < -0.4 is 11.1 Å². The average Bonchev–Trinajstić information content (AvgIpc) is 3.38. The SMILES string of the molecule is CN(C)C1C(O)=C(C(N)=O)C(=O)[C@@]2(O)C(O)=C3C(=O)c4c(O)ccc(NC(=O)c5ccno5)c4C[C@H]3C[C@@H]12. The zero-order chi connectivity index (χ0) is 27.7. The van der Waals surface area contributed by atoms with Gasteiger partial charge in [-0.25, -0.2) is 0 Å². The van der Waals surface area contributed by atoms with Crippen LogP contribution in [0.2, 0.25) is 0 Å². The molecule has 0 radical (unpaired) electrons. The highest BCUT2D eigenvalue weighted by Crippen LogP contribution is 2.52. The van der Waals surface area contributed by atoms with Gasteiger partial charge < -0.3 is 36.0 Å². The molecule has 1 heterocycles. The Morgan fingerprint density at radius 2 is 1.89 bits per heavy atom. The number of nitrogens with one attached hydrogen (secondary N) is 1. The standard InChI is InChI=1S/C25H24N4O9/c1-29(2)18-11-8-9-7-10-12(28-24(36)14-5-6-27-38-14)3-4-13(30)16(10)19(31)15(9)21(33)25(11,37)22(34)17(20(18)32)23(26)35/h3-6,9,11,18,30,32-33,37H,7-8H2,1-2H3,(H2,26,35)(H,28,36)/t9-,11-,18?,25-/m0/s1. The Morgan fingerprint density at radius 3 is 2.50 bits per heavy atom. The maximum absolute atomic E-state index is 13.7. The number of Topliss-reactive ketones (excluding diaryl/α,β-unsaturated/α-hetero) is 2. The number of carbonyl (C=O) groups excluding carboxylic acids is 4. The number of phenols is 1. The van der Waals surface area contributed by atoms with Gasteiger partial charge in [0, 0.05) is 23.2 Å². The van der Waals surface area contributed by atoms with Crippen molar-refractivity contribution in [1.29, 1.82) is 0 Å². The van der Waals surface area contributed by atoms with E-state index < -0.39 is 69.7 Å². The fraction of sp³-hybridized carbons (Fsp3) is 0.320. The summed E-state index contributed by atoms with van der Waals surface area (Å²) in [5.41, 5.74) is 1.68. The monoisotopic (exact) mass is 524 g/mol. The summed E-state index contributed by atoms with van der Waals surface area (Å²) < 4.78 is 4.86. The third kappa shape index (κ3) is 3.35. The summed E-state index contributed by atoms with van der Waals surface area (Å²) >= 11 is 0. The molecule has 1 unspecified atom stereocenters. The maximum Gasteiger partial charge on any atom is 0.294 e. The molecule has 7 N–H and O–H groups in total. The summed E-state index contributed by atoms with van der Waals surface area (Å²) in [5, 5.41) is 50.4. The van der Waals surface area contributed by atoms with Crippen molar-refractivity contribution < 1.29 is 44.1 Å². The van der Waals surface area contributed by atoms with Crippen LogP contribution in [0.4, 0.5) is 5.69 Å². The molecule has 13 nitrogen and oxygen atoms in total. The molecule has 38 heavy (non-hydrogen) atoms. The molecular formula is C25H24N4O9. The van der Waals surface area contributed by atoms with E-state index in [1.165, 1.54) is 29.3 Å². The third-order valence-electron chi connectivity index (χ3n) is 7.52. The summed E-state index contributed by atoms with van der Waals surface area (Å²) in [4.78, 5) is 53.0. The van der Waals surface area contributed by atoms with Crippen LogP contribution in [0.15, 0.2) is 51.6 Å². The van der Waals surface area contributed by atoms with E-state index in [0.717, 1.165) is 0 Å². The Labute approximate surface area is 214 Å². The lowest BCUT2D eigenvalue weighted by Gasteiger charge is -2.50. The van der Waals surface area contributed by atoms with Crippen LogP contribution in [0.25, 0.3) is 0 Å². The fourth-order valence-corrected chi connectivity index (χ4v) is 5.88. The topological polar surface area (TPSA) is 217 Å². The van der Waals surface area contributed by atoms with Gasteiger partial charge in [0.05, 0.1) is 17.8 Å². The first kappa shape index (κ1) is 25.2. The van der Waals surface area contributed by atoms with Gasteiger partial charge >= 0.3 is 0 Å². The Balaban J connectivity index is 1.65. The van der Waals surface area contributed by atoms with Crippen molar-refractivity contribution in [2.24, 2.45) is 17.6 Å². The van der Waals surface area contributed by atoms with Gasteiger partial charge in [0.1, 0.15) is 22.8 Å². The number of amides is 2. The highest BCUT2D eigenvalue weighted by atomic mass is 16.5. The zero-order valence-corrected chi connectivity index (χ0v) is 20.3. The normalized spacial score (nSPS) is 26.7. The van der Waals surface area contributed by atoms with E-state index in [4.69, 9.17) is 10.3 Å². The second-order valence-corrected chi connectivity index (χ2v) is 9.78. The van der Waals surface area contributed by atoms with Crippen LogP contribution in [-0.4, -0.2) is 79.6 Å². The van der Waals surface area contributed by atoms with Crippen LogP contribution >= 0.6 is 0 Å². The molecule has 13 heteroatoms. The van der Waals surface area contributed by atoms with E-state index in [1.807, 2.05) is 0 Å². The van der Waals surface area contributed by atoms with E-state index in [9.17, 15) is 39.6 Å². The highest BCUT2D eigenvalue weighted by Gasteiger charge is 2.63. The number of carbonyl (C=O) groups is 4. The summed E-state index contributed by atoms with van der Waals surface area (Å²) in [6, 6.07) is 2.83. The predicted octanol–water partition coefficient (Wildman–Crippen LogP) is 0.361. The number of hydrogen-bond donors (Lipinski definition) is 6. The lowest BCUT2D eigenvalue weighted by Crippen LogP contribution is -2.63. The summed E-state index contributed by atoms with van der Waals surface area (Å²) in [7, 11) is 3.09. The third-order valence-corrected chi connectivity index (χ3v) is 7.52. The van der Waals surface area contributed by atoms with Gasteiger partial charge in [-0.2, -0.15) is 0 Å². The molecule has 0 spiro atoms. The molecule has 0 saturated carbocycles. The Hall–Kier alpha value is -4.49. The van der Waals surface area contributed by atoms with E-state index in [-0.39, 0.29) is 41.0 Å². The number of fused-ring (bicyclic) bond motifs is 3. The van der Waals surface area contributed by atoms with Gasteiger partial charge in [-0.3, -0.25) is 24.1 Å². The Bertz CT molecular complexity index is 1470. The predicted molar refractivity (Wildman–Crippen MR) is 128 cm³/mol. The van der Waals surface area contributed by atoms with Crippen molar-refractivity contribution in [2.45, 2.75) is 24.5 Å². The van der Waals surface area contributed by atoms with Gasteiger partial charge in [-0.1, -0.05) is 5.16 Å². The highest BCUT2D eigenvalue weighted by molar-refractivity contribution is 6.25. The smallest absolute Gasteiger partial charge is 0.294 e. The van der Waals surface area contributed by atoms with E-state index >= 15 is 0 Å². The van der Waals surface area contributed by atoms with Gasteiger partial charge in [0.2, 0.25) is 11.5 Å². The number of ketones is 2. The number of aliphatic hydroxyl groups excluding tert-OH is 2. The zero-order valence-electron chi connectivity index (χ0n) is 20.3. The number of aromatic nitrogens is 1. The minimum Gasteiger partial charge on any atom is -0.510 e. The number of aliphatic hydroxyl groups is 3. The quantitative estimate of drug-likeness (QED) is 0.237. The number of allylic oxidation sites excluding steroid dienone is 1. The number of benzene rings is 1. The molecule has 0 bridgehead atoms. The van der Waals surface area contributed by atoms with Crippen LogP contribution in [0.3, 0.4) is 0 Å². The Morgan fingerprint density at radius 1 is 1.18 bits per heavy atom. The molecule has 3 aliphatic carbocycles. The minimum atomic E-state index is -2.72. The van der Waals surface area contributed by atoms with Crippen molar-refractivity contribution in [3.8, 4) is 5.75 Å². The van der Waals surface area contributed by atoms with E-state index in [0.29, 0.717) is 0 Å². The van der Waals surface area contributed by atoms with Crippen LogP contribution in [0.1, 0.15) is 32.9 Å². The van der Waals surface area contributed by atoms with E-state index in [2.05, 4.69) is 10.5 Å². The number of nitrogens with zero attached hydrogens (tertiary/aromatic N) is 2. The lowest BCUT2D eigenvalue weighted by molar-refractivity contribution is -0.148. The number of aromatic hydroxyl groups is 1. The molecule has 0 fully saturated rings. The molecule has 5 rings (SSSR count). The number of primary amides is 1. The minimum absolute atomic E-state index is 0.0228. The van der Waals surface area contributed by atoms with E-state index in [1.54, 1.807) is 14.1 Å². The summed E-state index contributed by atoms with van der Waals surface area (Å²) in [6.07, 6.45) is 1.24. The van der Waals surface area contributed by atoms with Crippen molar-refractivity contribution >= 4 is 29.1 Å². The number of phenolic OH excluding ortho intramolecular Hbond substituents is 1. The van der Waals surface area contributed by atoms with Crippen molar-refractivity contribution in [3.63, 3.8) is 0 Å². The molecule has 0 saturated heterocycles. The molecule has 2 aromatic rings. The van der Waals surface area contributed by atoms with Gasteiger partial charge in [-0.15, -0.1) is 0 Å². The lowest BCUT2D eigenvalue weighted by atomic mass is 9.58. The van der Waals surface area contributed by atoms with Gasteiger partial charge in [-0.05, 0) is 50.6 Å². The van der Waals surface area contributed by atoms with Crippen LogP contribution in [-0.2, 0) is 16.0 Å². The molecule has 1 aromatic heterocycles. The molecule has 3 aliphatic rings. The first-order valence-corrected chi connectivity index (χ1v) is 11.6. The number of nitrogens with two attached hydrogens (primary N) is 1. The first-order chi connectivity index (χ1) is 17.9. The van der Waals surface area contributed by atoms with Crippen LogP contribution in [0, 0.1) is 11.8 Å². The second kappa shape index (κ2) is 8.53. The molecule has 4 atom stereocenters. The van der Waals surface area contributed by atoms with Crippen molar-refractivity contribution in [3.05, 3.63) is 63.9 Å². The Kier molecular flexibility index (Phi) is 5.65.